The zero-order valence-corrected chi connectivity index (χ0v) is 14.5. The zero-order valence-electron chi connectivity index (χ0n) is 14.5. The van der Waals surface area contributed by atoms with Gasteiger partial charge in [0.25, 0.3) is 11.8 Å². The Morgan fingerprint density at radius 1 is 1.07 bits per heavy atom. The Bertz CT molecular complexity index is 914. The fourth-order valence-corrected chi connectivity index (χ4v) is 2.73. The van der Waals surface area contributed by atoms with E-state index in [0.29, 0.717) is 37.4 Å². The van der Waals surface area contributed by atoms with Gasteiger partial charge in [-0.15, -0.1) is 0 Å². The maximum Gasteiger partial charge on any atom is 0.274 e. The van der Waals surface area contributed by atoms with Crippen LogP contribution in [0, 0.1) is 11.3 Å². The molecule has 27 heavy (non-hydrogen) atoms. The third-order valence-electron chi connectivity index (χ3n) is 4.20. The average Bonchev–Trinajstić information content (AvgIpc) is 2.73. The maximum atomic E-state index is 12.6. The van der Waals surface area contributed by atoms with Crippen molar-refractivity contribution in [2.24, 2.45) is 0 Å². The number of benzene rings is 1. The van der Waals surface area contributed by atoms with Crippen LogP contribution in [0.1, 0.15) is 26.5 Å². The molecule has 2 aromatic rings. The highest BCUT2D eigenvalue weighted by Gasteiger charge is 2.23. The van der Waals surface area contributed by atoms with Gasteiger partial charge in [-0.25, -0.2) is 4.98 Å². The van der Waals surface area contributed by atoms with Crippen molar-refractivity contribution in [3.63, 3.8) is 0 Å². The normalized spacial score (nSPS) is 13.6. The van der Waals surface area contributed by atoms with Crippen LogP contribution < -0.4 is 5.32 Å². The third-order valence-corrected chi connectivity index (χ3v) is 4.20. The molecule has 0 saturated carbocycles. The summed E-state index contributed by atoms with van der Waals surface area (Å²) >= 11 is 0. The summed E-state index contributed by atoms with van der Waals surface area (Å²) in [5.41, 5.74) is 1.18. The topological polar surface area (TPSA) is 106 Å². The molecule has 0 aliphatic carbocycles. The minimum absolute atomic E-state index is 0.106. The number of pyridine rings is 1. The Labute approximate surface area is 156 Å². The van der Waals surface area contributed by atoms with Gasteiger partial charge in [0.2, 0.25) is 6.41 Å². The molecule has 3 rings (SSSR count). The third kappa shape index (κ3) is 4.27. The van der Waals surface area contributed by atoms with Gasteiger partial charge in [-0.1, -0.05) is 12.1 Å². The van der Waals surface area contributed by atoms with Crippen molar-refractivity contribution in [3.8, 4) is 6.07 Å². The molecule has 1 N–H and O–H groups in total. The Balaban J connectivity index is 1.71. The van der Waals surface area contributed by atoms with E-state index in [1.807, 2.05) is 6.07 Å². The van der Waals surface area contributed by atoms with Crippen LogP contribution in [0.2, 0.25) is 0 Å². The summed E-state index contributed by atoms with van der Waals surface area (Å²) in [6.07, 6.45) is 0.770. The predicted molar refractivity (Wildman–Crippen MR) is 96.9 cm³/mol. The number of nitrogens with zero attached hydrogens (tertiary/aromatic N) is 4. The summed E-state index contributed by atoms with van der Waals surface area (Å²) in [6, 6.07) is 13.2. The first kappa shape index (κ1) is 18.1. The number of hydrogen-bond acceptors (Lipinski definition) is 5. The van der Waals surface area contributed by atoms with Gasteiger partial charge in [-0.05, 0) is 30.3 Å². The summed E-state index contributed by atoms with van der Waals surface area (Å²) in [4.78, 5) is 43.2. The molecule has 8 nitrogen and oxygen atoms in total. The molecule has 0 unspecified atom stereocenters. The molecule has 136 valence electrons. The minimum atomic E-state index is -0.467. The van der Waals surface area contributed by atoms with Crippen LogP contribution in [0.5, 0.6) is 0 Å². The molecule has 0 spiro atoms. The number of rotatable bonds is 4. The van der Waals surface area contributed by atoms with Crippen molar-refractivity contribution in [1.29, 1.82) is 5.26 Å². The Kier molecular flexibility index (Phi) is 5.42. The maximum absolute atomic E-state index is 12.6. The van der Waals surface area contributed by atoms with E-state index in [2.05, 4.69) is 10.3 Å². The van der Waals surface area contributed by atoms with Crippen molar-refractivity contribution in [2.75, 3.05) is 31.5 Å². The van der Waals surface area contributed by atoms with Gasteiger partial charge < -0.3 is 15.1 Å². The van der Waals surface area contributed by atoms with Crippen molar-refractivity contribution in [1.82, 2.24) is 14.8 Å². The SMILES string of the molecule is N#Cc1cccc(NC(=O)c2cccc(C(=O)N3CCN(C=O)CC3)n2)c1. The number of aromatic nitrogens is 1. The molecule has 0 bridgehead atoms. The van der Waals surface area contributed by atoms with Crippen molar-refractivity contribution in [2.45, 2.75) is 0 Å². The largest absolute Gasteiger partial charge is 0.342 e. The standard InChI is InChI=1S/C19H17N5O3/c20-12-14-3-1-4-15(11-14)21-18(26)16-5-2-6-17(22-16)19(27)24-9-7-23(13-25)8-10-24/h1-6,11,13H,7-10H2,(H,21,26). The second-order valence-electron chi connectivity index (χ2n) is 5.99. The minimum Gasteiger partial charge on any atom is -0.342 e. The van der Waals surface area contributed by atoms with Crippen molar-refractivity contribution in [3.05, 3.63) is 59.4 Å². The van der Waals surface area contributed by atoms with Crippen LogP contribution in [0.15, 0.2) is 42.5 Å². The van der Waals surface area contributed by atoms with E-state index in [0.717, 1.165) is 6.41 Å². The molecular weight excluding hydrogens is 346 g/mol. The van der Waals surface area contributed by atoms with Crippen LogP contribution in [-0.2, 0) is 4.79 Å². The molecule has 1 saturated heterocycles. The molecule has 2 heterocycles. The molecule has 1 aliphatic rings. The van der Waals surface area contributed by atoms with Crippen molar-refractivity contribution < 1.29 is 14.4 Å². The van der Waals surface area contributed by atoms with Gasteiger partial charge in [-0.3, -0.25) is 14.4 Å². The molecule has 1 aliphatic heterocycles. The fraction of sp³-hybridized carbons (Fsp3) is 0.211. The van der Waals surface area contributed by atoms with Gasteiger partial charge >= 0.3 is 0 Å². The van der Waals surface area contributed by atoms with Gasteiger partial charge in [-0.2, -0.15) is 5.26 Å². The zero-order chi connectivity index (χ0) is 19.2. The quantitative estimate of drug-likeness (QED) is 0.819. The lowest BCUT2D eigenvalue weighted by Crippen LogP contribution is -2.48. The number of amides is 3. The summed E-state index contributed by atoms with van der Waals surface area (Å²) < 4.78 is 0. The second-order valence-corrected chi connectivity index (χ2v) is 5.99. The van der Waals surface area contributed by atoms with Crippen LogP contribution in [0.25, 0.3) is 0 Å². The molecule has 3 amide bonds. The van der Waals surface area contributed by atoms with Crippen LogP contribution in [0.3, 0.4) is 0 Å². The van der Waals surface area contributed by atoms with Gasteiger partial charge in [0, 0.05) is 31.9 Å². The van der Waals surface area contributed by atoms with E-state index in [4.69, 9.17) is 5.26 Å². The molecule has 1 aromatic carbocycles. The average molecular weight is 363 g/mol. The number of anilines is 1. The molecule has 0 radical (unpaired) electrons. The van der Waals surface area contributed by atoms with E-state index in [9.17, 15) is 14.4 Å². The van der Waals surface area contributed by atoms with Crippen LogP contribution >= 0.6 is 0 Å². The summed E-state index contributed by atoms with van der Waals surface area (Å²) in [6.45, 7) is 1.81. The molecule has 8 heteroatoms. The number of nitriles is 1. The van der Waals surface area contributed by atoms with Gasteiger partial charge in [0.15, 0.2) is 0 Å². The van der Waals surface area contributed by atoms with E-state index in [1.165, 1.54) is 6.07 Å². The number of nitrogens with one attached hydrogen (secondary N) is 1. The summed E-state index contributed by atoms with van der Waals surface area (Å²) in [5, 5.41) is 11.6. The molecular formula is C19H17N5O3. The van der Waals surface area contributed by atoms with Crippen molar-refractivity contribution >= 4 is 23.9 Å². The van der Waals surface area contributed by atoms with Gasteiger partial charge in [0.05, 0.1) is 11.6 Å². The highest BCUT2D eigenvalue weighted by molar-refractivity contribution is 6.04. The number of carbonyl (C=O) groups is 3. The van der Waals surface area contributed by atoms with E-state index in [-0.39, 0.29) is 17.3 Å². The Morgan fingerprint density at radius 2 is 1.78 bits per heavy atom. The predicted octanol–water partition coefficient (Wildman–Crippen LogP) is 1.12. The van der Waals surface area contributed by atoms with E-state index in [1.54, 1.807) is 46.2 Å². The van der Waals surface area contributed by atoms with Crippen LogP contribution in [0.4, 0.5) is 5.69 Å². The first-order valence-corrected chi connectivity index (χ1v) is 8.38. The molecule has 1 aromatic heterocycles. The van der Waals surface area contributed by atoms with Gasteiger partial charge in [0.1, 0.15) is 11.4 Å². The number of hydrogen-bond donors (Lipinski definition) is 1. The number of carbonyl (C=O) groups excluding carboxylic acids is 3. The molecule has 1 fully saturated rings. The smallest absolute Gasteiger partial charge is 0.274 e. The summed E-state index contributed by atoms with van der Waals surface area (Å²) in [7, 11) is 0. The summed E-state index contributed by atoms with van der Waals surface area (Å²) in [5.74, 6) is -0.743. The first-order chi connectivity index (χ1) is 13.1. The monoisotopic (exact) mass is 363 g/mol. The fourth-order valence-electron chi connectivity index (χ4n) is 2.73. The first-order valence-electron chi connectivity index (χ1n) is 8.38. The lowest BCUT2D eigenvalue weighted by molar-refractivity contribution is -0.119. The lowest BCUT2D eigenvalue weighted by Gasteiger charge is -2.32. The Morgan fingerprint density at radius 3 is 2.48 bits per heavy atom. The second kappa shape index (κ2) is 8.10. The number of piperazine rings is 1. The highest BCUT2D eigenvalue weighted by atomic mass is 16.2. The van der Waals surface area contributed by atoms with E-state index < -0.39 is 5.91 Å². The Hall–Kier alpha value is -3.73. The highest BCUT2D eigenvalue weighted by Crippen LogP contribution is 2.12. The van der Waals surface area contributed by atoms with Crippen LogP contribution in [-0.4, -0.2) is 59.2 Å². The molecule has 0 atom stereocenters. The lowest BCUT2D eigenvalue weighted by atomic mass is 10.2. The van der Waals surface area contributed by atoms with E-state index >= 15 is 0 Å².